The van der Waals surface area contributed by atoms with E-state index in [1.165, 1.54) is 12.3 Å². The second-order valence-electron chi connectivity index (χ2n) is 4.78. The number of oxime groups is 1. The molecule has 0 aliphatic rings. The van der Waals surface area contributed by atoms with Crippen LogP contribution in [0.3, 0.4) is 0 Å². The van der Waals surface area contributed by atoms with Crippen LogP contribution < -0.4 is 9.47 Å². The van der Waals surface area contributed by atoms with Gasteiger partial charge in [0, 0.05) is 31.4 Å². The van der Waals surface area contributed by atoms with Gasteiger partial charge in [-0.2, -0.15) is 0 Å². The van der Waals surface area contributed by atoms with Crippen molar-refractivity contribution >= 4 is 52.6 Å². The van der Waals surface area contributed by atoms with Crippen LogP contribution >= 0.6 is 46.4 Å². The topological polar surface area (TPSA) is 60.3 Å². The molecule has 0 atom stereocenters. The molecule has 0 aliphatic heterocycles. The van der Waals surface area contributed by atoms with Crippen LogP contribution in [-0.4, -0.2) is 37.8 Å². The Morgan fingerprint density at radius 2 is 1.72 bits per heavy atom. The maximum atomic E-state index is 8.23. The van der Waals surface area contributed by atoms with Crippen LogP contribution in [0.2, 0.25) is 10.0 Å². The van der Waals surface area contributed by atoms with Gasteiger partial charge in [0.15, 0.2) is 5.75 Å². The summed E-state index contributed by atoms with van der Waals surface area (Å²) < 4.78 is 16.5. The van der Waals surface area contributed by atoms with E-state index in [4.69, 9.17) is 65.8 Å². The molecule has 25 heavy (non-hydrogen) atoms. The fraction of sp³-hybridized carbons (Fsp3) is 0.438. The zero-order valence-electron chi connectivity index (χ0n) is 13.4. The standard InChI is InChI=1S/C16H19Cl4NO4/c17-13-10-12(24-9-4-15(19)20)11-14(18)16(13)25-8-2-1-6-23-7-3-5-21-22/h4-5,10-11,22H,1-3,6-9H2/b21-5+. The van der Waals surface area contributed by atoms with E-state index in [1.54, 1.807) is 12.1 Å². The highest BCUT2D eigenvalue weighted by Crippen LogP contribution is 2.37. The van der Waals surface area contributed by atoms with Gasteiger partial charge in [0.05, 0.1) is 23.3 Å². The Kier molecular flexibility index (Phi) is 11.9. The molecule has 1 N–H and O–H groups in total. The first-order chi connectivity index (χ1) is 12.0. The highest BCUT2D eigenvalue weighted by Gasteiger charge is 2.10. The van der Waals surface area contributed by atoms with Crippen LogP contribution in [0, 0.1) is 0 Å². The minimum absolute atomic E-state index is 0.127. The van der Waals surface area contributed by atoms with E-state index >= 15 is 0 Å². The van der Waals surface area contributed by atoms with Gasteiger partial charge in [-0.3, -0.25) is 0 Å². The van der Waals surface area contributed by atoms with Gasteiger partial charge in [0.2, 0.25) is 0 Å². The summed E-state index contributed by atoms with van der Waals surface area (Å²) in [5.41, 5.74) is 0. The minimum atomic E-state index is 0.127. The lowest BCUT2D eigenvalue weighted by Crippen LogP contribution is -2.03. The van der Waals surface area contributed by atoms with Crippen molar-refractivity contribution in [2.24, 2.45) is 5.16 Å². The summed E-state index contributed by atoms with van der Waals surface area (Å²) in [6.45, 7) is 1.80. The quantitative estimate of drug-likeness (QED) is 0.199. The number of hydrogen-bond acceptors (Lipinski definition) is 5. The van der Waals surface area contributed by atoms with Gasteiger partial charge in [0.25, 0.3) is 0 Å². The van der Waals surface area contributed by atoms with Crippen LogP contribution in [0.5, 0.6) is 11.5 Å². The number of nitrogens with zero attached hydrogens (tertiary/aromatic N) is 1. The zero-order valence-corrected chi connectivity index (χ0v) is 16.4. The molecule has 5 nitrogen and oxygen atoms in total. The zero-order chi connectivity index (χ0) is 18.5. The smallest absolute Gasteiger partial charge is 0.156 e. The molecule has 0 spiro atoms. The van der Waals surface area contributed by atoms with E-state index in [-0.39, 0.29) is 11.1 Å². The Labute approximate surface area is 167 Å². The Balaban J connectivity index is 2.32. The molecule has 0 radical (unpaired) electrons. The third-order valence-corrected chi connectivity index (χ3v) is 3.73. The maximum absolute atomic E-state index is 8.23. The van der Waals surface area contributed by atoms with Gasteiger partial charge < -0.3 is 19.4 Å². The lowest BCUT2D eigenvalue weighted by Gasteiger charge is -2.12. The molecule has 0 aliphatic carbocycles. The maximum Gasteiger partial charge on any atom is 0.156 e. The predicted octanol–water partition coefficient (Wildman–Crippen LogP) is 5.72. The normalized spacial score (nSPS) is 10.9. The van der Waals surface area contributed by atoms with E-state index in [9.17, 15) is 0 Å². The van der Waals surface area contributed by atoms with Crippen molar-refractivity contribution in [3.8, 4) is 11.5 Å². The first-order valence-electron chi connectivity index (χ1n) is 7.54. The Bertz CT molecular complexity index is 554. The molecule has 0 saturated heterocycles. The third kappa shape index (κ3) is 10.0. The average molecular weight is 431 g/mol. The molecule has 140 valence electrons. The molecule has 1 aromatic rings. The first kappa shape index (κ1) is 22.2. The average Bonchev–Trinajstić information content (AvgIpc) is 2.55. The fourth-order valence-electron chi connectivity index (χ4n) is 1.73. The highest BCUT2D eigenvalue weighted by molar-refractivity contribution is 6.55. The molecular weight excluding hydrogens is 412 g/mol. The summed E-state index contributed by atoms with van der Waals surface area (Å²) in [4.78, 5) is 0. The number of ether oxygens (including phenoxy) is 3. The SMILES string of the molecule is O/N=C/CCOCCCCOc1c(Cl)cc(OCC=C(Cl)Cl)cc1Cl. The summed E-state index contributed by atoms with van der Waals surface area (Å²) in [6.07, 6.45) is 5.10. The van der Waals surface area contributed by atoms with E-state index < -0.39 is 0 Å². The molecule has 0 bridgehead atoms. The monoisotopic (exact) mass is 429 g/mol. The van der Waals surface area contributed by atoms with Gasteiger partial charge in [-0.05, 0) is 18.9 Å². The number of benzene rings is 1. The number of hydrogen-bond donors (Lipinski definition) is 1. The van der Waals surface area contributed by atoms with Crippen molar-refractivity contribution < 1.29 is 19.4 Å². The Morgan fingerprint density at radius 3 is 2.36 bits per heavy atom. The Morgan fingerprint density at radius 1 is 1.04 bits per heavy atom. The predicted molar refractivity (Wildman–Crippen MR) is 102 cm³/mol. The van der Waals surface area contributed by atoms with E-state index in [0.29, 0.717) is 47.8 Å². The third-order valence-electron chi connectivity index (χ3n) is 2.86. The molecule has 1 aromatic carbocycles. The first-order valence-corrected chi connectivity index (χ1v) is 9.05. The van der Waals surface area contributed by atoms with Crippen LogP contribution in [0.4, 0.5) is 0 Å². The molecule has 0 unspecified atom stereocenters. The summed E-state index contributed by atoms with van der Waals surface area (Å²) in [6, 6.07) is 3.23. The molecule has 0 saturated carbocycles. The molecule has 0 heterocycles. The van der Waals surface area contributed by atoms with E-state index in [2.05, 4.69) is 5.16 Å². The summed E-state index contributed by atoms with van der Waals surface area (Å²) in [7, 11) is 0. The molecule has 0 aromatic heterocycles. The number of halogens is 4. The van der Waals surface area contributed by atoms with Crippen molar-refractivity contribution in [2.45, 2.75) is 19.3 Å². The second kappa shape index (κ2) is 13.4. The summed E-state index contributed by atoms with van der Waals surface area (Å²) >= 11 is 23.4. The molecule has 1 rings (SSSR count). The van der Waals surface area contributed by atoms with Crippen molar-refractivity contribution in [3.63, 3.8) is 0 Å². The summed E-state index contributed by atoms with van der Waals surface area (Å²) in [5, 5.41) is 11.8. The molecule has 0 amide bonds. The van der Waals surface area contributed by atoms with E-state index in [1.807, 2.05) is 0 Å². The highest BCUT2D eigenvalue weighted by atomic mass is 35.5. The van der Waals surface area contributed by atoms with Gasteiger partial charge in [-0.15, -0.1) is 5.16 Å². The fourth-order valence-corrected chi connectivity index (χ4v) is 2.44. The lowest BCUT2D eigenvalue weighted by molar-refractivity contribution is 0.133. The van der Waals surface area contributed by atoms with Crippen LogP contribution in [0.15, 0.2) is 27.9 Å². The van der Waals surface area contributed by atoms with Gasteiger partial charge in [-0.1, -0.05) is 46.4 Å². The van der Waals surface area contributed by atoms with Crippen molar-refractivity contribution in [3.05, 3.63) is 32.7 Å². The molecule has 0 fully saturated rings. The number of rotatable bonds is 12. The number of unbranched alkanes of at least 4 members (excludes halogenated alkanes) is 1. The van der Waals surface area contributed by atoms with E-state index in [0.717, 1.165) is 12.8 Å². The van der Waals surface area contributed by atoms with Crippen molar-refractivity contribution in [1.82, 2.24) is 0 Å². The minimum Gasteiger partial charge on any atom is -0.490 e. The van der Waals surface area contributed by atoms with Crippen LogP contribution in [0.1, 0.15) is 19.3 Å². The summed E-state index contributed by atoms with van der Waals surface area (Å²) in [5.74, 6) is 0.912. The second-order valence-corrected chi connectivity index (χ2v) is 6.60. The van der Waals surface area contributed by atoms with Crippen molar-refractivity contribution in [1.29, 1.82) is 0 Å². The van der Waals surface area contributed by atoms with Crippen LogP contribution in [-0.2, 0) is 4.74 Å². The van der Waals surface area contributed by atoms with Gasteiger partial charge >= 0.3 is 0 Å². The van der Waals surface area contributed by atoms with Crippen molar-refractivity contribution in [2.75, 3.05) is 26.4 Å². The van der Waals surface area contributed by atoms with Gasteiger partial charge in [0.1, 0.15) is 16.8 Å². The molecular formula is C16H19Cl4NO4. The largest absolute Gasteiger partial charge is 0.490 e. The lowest BCUT2D eigenvalue weighted by atomic mass is 10.3. The van der Waals surface area contributed by atoms with Crippen LogP contribution in [0.25, 0.3) is 0 Å². The van der Waals surface area contributed by atoms with Gasteiger partial charge in [-0.25, -0.2) is 0 Å². The molecule has 9 heteroatoms. The Hall–Kier alpha value is -0.850.